The number of piperidine rings is 1. The van der Waals surface area contributed by atoms with E-state index in [1.54, 1.807) is 0 Å². The molecule has 5 N–H and O–H groups in total. The van der Waals surface area contributed by atoms with Gasteiger partial charge in [-0.15, -0.1) is 0 Å². The van der Waals surface area contributed by atoms with Gasteiger partial charge in [0.15, 0.2) is 0 Å². The SMILES string of the molecule is C[B]C(C)(N)[B]C(C)(C)[B]C(C)(N)[B]C(C)(C)[B]C1CC(C)(C)NC(C)(C)C1. The summed E-state index contributed by atoms with van der Waals surface area (Å²) in [6.07, 6.45) is 2.30. The Balaban J connectivity index is 2.78. The second-order valence-corrected chi connectivity index (χ2v) is 12.3. The molecule has 0 spiro atoms. The highest BCUT2D eigenvalue weighted by Gasteiger charge is 2.43. The Kier molecular flexibility index (Phi) is 7.86. The van der Waals surface area contributed by atoms with Gasteiger partial charge in [-0.25, -0.2) is 0 Å². The molecule has 5 radical (unpaired) electrons. The van der Waals surface area contributed by atoms with Crippen molar-refractivity contribution in [3.05, 3.63) is 0 Å². The average Bonchev–Trinajstić information content (AvgIpc) is 2.28. The second-order valence-electron chi connectivity index (χ2n) is 12.3. The van der Waals surface area contributed by atoms with Crippen molar-refractivity contribution in [1.29, 1.82) is 0 Å². The van der Waals surface area contributed by atoms with Crippen molar-refractivity contribution in [3.63, 3.8) is 0 Å². The van der Waals surface area contributed by atoms with E-state index in [0.717, 1.165) is 12.8 Å². The fraction of sp³-hybridized carbons (Fsp3) is 1.00. The Bertz CT molecular complexity index is 514. The van der Waals surface area contributed by atoms with Crippen molar-refractivity contribution < 1.29 is 0 Å². The first kappa shape index (κ1) is 26.2. The number of rotatable bonds is 9. The molecule has 1 fully saturated rings. The monoisotopic (exact) mass is 380 g/mol. The van der Waals surface area contributed by atoms with Gasteiger partial charge in [0.1, 0.15) is 36.4 Å². The minimum absolute atomic E-state index is 0.0624. The first-order valence-corrected chi connectivity index (χ1v) is 10.8. The van der Waals surface area contributed by atoms with Crippen LogP contribution in [0.5, 0.6) is 0 Å². The van der Waals surface area contributed by atoms with Crippen LogP contribution < -0.4 is 16.8 Å². The highest BCUT2D eigenvalue weighted by atomic mass is 15.0. The predicted octanol–water partition coefficient (Wildman–Crippen LogP) is 2.86. The molecule has 1 aliphatic rings. The van der Waals surface area contributed by atoms with Crippen molar-refractivity contribution in [2.45, 2.75) is 127 Å². The molecular weight excluding hydrogens is 336 g/mol. The van der Waals surface area contributed by atoms with Gasteiger partial charge in [-0.05, 0) is 51.2 Å². The average molecular weight is 380 g/mol. The van der Waals surface area contributed by atoms with Crippen molar-refractivity contribution in [2.75, 3.05) is 0 Å². The van der Waals surface area contributed by atoms with E-state index in [4.69, 9.17) is 11.5 Å². The van der Waals surface area contributed by atoms with Crippen molar-refractivity contribution in [3.8, 4) is 0 Å². The molecule has 0 aromatic heterocycles. The van der Waals surface area contributed by atoms with E-state index in [1.807, 2.05) is 21.0 Å². The highest BCUT2D eigenvalue weighted by molar-refractivity contribution is 6.79. The minimum Gasteiger partial charge on any atom is -0.340 e. The van der Waals surface area contributed by atoms with Gasteiger partial charge in [0.25, 0.3) is 0 Å². The maximum atomic E-state index is 6.75. The van der Waals surface area contributed by atoms with E-state index >= 15 is 0 Å². The largest absolute Gasteiger partial charge is 0.340 e. The first-order valence-electron chi connectivity index (χ1n) is 10.8. The molecule has 0 amide bonds. The van der Waals surface area contributed by atoms with E-state index in [9.17, 15) is 0 Å². The van der Waals surface area contributed by atoms with Crippen LogP contribution in [-0.4, -0.2) is 58.2 Å². The van der Waals surface area contributed by atoms with Gasteiger partial charge in [-0.1, -0.05) is 64.6 Å². The van der Waals surface area contributed by atoms with Crippen LogP contribution >= 0.6 is 0 Å². The van der Waals surface area contributed by atoms with Gasteiger partial charge in [0.2, 0.25) is 0 Å². The van der Waals surface area contributed by atoms with E-state index in [1.165, 1.54) is 0 Å². The van der Waals surface area contributed by atoms with E-state index in [0.29, 0.717) is 5.82 Å². The summed E-state index contributed by atoms with van der Waals surface area (Å²) in [6.45, 7) is 24.2. The van der Waals surface area contributed by atoms with Crippen molar-refractivity contribution in [1.82, 2.24) is 5.32 Å². The molecule has 1 heterocycles. The summed E-state index contributed by atoms with van der Waals surface area (Å²) < 4.78 is 0. The first-order chi connectivity index (χ1) is 12.2. The lowest BCUT2D eigenvalue weighted by Crippen LogP contribution is -2.60. The zero-order valence-electron chi connectivity index (χ0n) is 20.5. The fourth-order valence-corrected chi connectivity index (χ4v) is 5.75. The Morgan fingerprint density at radius 2 is 1.14 bits per heavy atom. The maximum Gasteiger partial charge on any atom is 0.122 e. The number of hydrogen-bond donors (Lipinski definition) is 3. The Morgan fingerprint density at radius 1 is 0.750 bits per heavy atom. The zero-order chi connectivity index (χ0) is 22.2. The lowest BCUT2D eigenvalue weighted by molar-refractivity contribution is 0.182. The lowest BCUT2D eigenvalue weighted by atomic mass is 9.15. The molecular formula is C20H43B5N3. The summed E-state index contributed by atoms with van der Waals surface area (Å²) in [4.78, 5) is 0. The zero-order valence-corrected chi connectivity index (χ0v) is 20.5. The third-order valence-electron chi connectivity index (χ3n) is 5.56. The quantitative estimate of drug-likeness (QED) is 0.540. The molecule has 0 aliphatic carbocycles. The summed E-state index contributed by atoms with van der Waals surface area (Å²) >= 11 is 0. The Morgan fingerprint density at radius 3 is 1.57 bits per heavy atom. The van der Waals surface area contributed by atoms with E-state index < -0.39 is 10.7 Å². The molecule has 1 saturated heterocycles. The van der Waals surface area contributed by atoms with Gasteiger partial charge in [0.05, 0.1) is 0 Å². The molecule has 8 heteroatoms. The number of hydrogen-bond acceptors (Lipinski definition) is 3. The van der Waals surface area contributed by atoms with Crippen LogP contribution in [0, 0.1) is 0 Å². The van der Waals surface area contributed by atoms with Crippen LogP contribution in [0.1, 0.15) is 82.1 Å². The lowest BCUT2D eigenvalue weighted by Gasteiger charge is -2.48. The molecule has 28 heavy (non-hydrogen) atoms. The minimum atomic E-state index is -0.498. The molecule has 0 aromatic carbocycles. The van der Waals surface area contributed by atoms with E-state index in [2.05, 4.69) is 96.7 Å². The summed E-state index contributed by atoms with van der Waals surface area (Å²) in [7, 11) is 11.2. The molecule has 2 unspecified atom stereocenters. The molecule has 1 rings (SSSR count). The van der Waals surface area contributed by atoms with Gasteiger partial charge < -0.3 is 16.8 Å². The van der Waals surface area contributed by atoms with Gasteiger partial charge >= 0.3 is 0 Å². The van der Waals surface area contributed by atoms with Crippen molar-refractivity contribution in [2.24, 2.45) is 11.5 Å². The topological polar surface area (TPSA) is 64.1 Å². The van der Waals surface area contributed by atoms with Gasteiger partial charge in [-0.2, -0.15) is 0 Å². The summed E-state index contributed by atoms with van der Waals surface area (Å²) in [5.41, 5.74) is 13.4. The predicted molar refractivity (Wildman–Crippen MR) is 132 cm³/mol. The Labute approximate surface area is 180 Å². The number of nitrogens with one attached hydrogen (secondary N) is 1. The van der Waals surface area contributed by atoms with Gasteiger partial charge in [0, 0.05) is 11.1 Å². The summed E-state index contributed by atoms with van der Waals surface area (Å²) in [6, 6.07) is 0. The number of nitrogens with two attached hydrogens (primary N) is 2. The summed E-state index contributed by atoms with van der Waals surface area (Å²) in [5, 5.41) is 2.63. The Hall–Kier alpha value is 0.205. The van der Waals surface area contributed by atoms with Crippen LogP contribution in [0.4, 0.5) is 0 Å². The maximum absolute atomic E-state index is 6.75. The molecule has 2 atom stereocenters. The molecule has 153 valence electrons. The van der Waals surface area contributed by atoms with Gasteiger partial charge in [-0.3, -0.25) is 0 Å². The third-order valence-corrected chi connectivity index (χ3v) is 5.56. The third kappa shape index (κ3) is 9.35. The van der Waals surface area contributed by atoms with Crippen LogP contribution in [-0.2, 0) is 0 Å². The standard InChI is InChI=1S/C20H43B5N3/c1-15(2)12-14(13-16(3,4)28-15)22-17(5,6)23-20(10,27)25-18(7,8)24-19(9,26)21-11/h14,28H,12-13,26-27H2,1-11H3. The van der Waals surface area contributed by atoms with Crippen LogP contribution in [0.3, 0.4) is 0 Å². The molecule has 0 saturated carbocycles. The molecule has 1 aliphatic heterocycles. The fourth-order valence-electron chi connectivity index (χ4n) is 5.75. The van der Waals surface area contributed by atoms with Crippen LogP contribution in [0.25, 0.3) is 0 Å². The molecule has 0 bridgehead atoms. The second kappa shape index (κ2) is 8.38. The molecule has 3 nitrogen and oxygen atoms in total. The normalized spacial score (nSPS) is 24.5. The van der Waals surface area contributed by atoms with Crippen LogP contribution in [0.2, 0.25) is 23.1 Å². The summed E-state index contributed by atoms with van der Waals surface area (Å²) in [5.74, 6) is 0.565. The highest BCUT2D eigenvalue weighted by Crippen LogP contribution is 2.41. The molecule has 0 aromatic rings. The van der Waals surface area contributed by atoms with Crippen molar-refractivity contribution >= 4 is 36.4 Å². The smallest absolute Gasteiger partial charge is 0.122 e. The van der Waals surface area contributed by atoms with Crippen LogP contribution in [0.15, 0.2) is 0 Å². The van der Waals surface area contributed by atoms with E-state index in [-0.39, 0.29) is 21.5 Å².